The zero-order chi connectivity index (χ0) is 8.85. The highest BCUT2D eigenvalue weighted by molar-refractivity contribution is 5.34. The average Bonchev–Trinajstić information content (AvgIpc) is 2.02. The second-order valence-electron chi connectivity index (χ2n) is 2.29. The number of phenols is 1. The second kappa shape index (κ2) is 4.50. The smallest absolute Gasteiger partial charge is 0.118 e. The molecule has 0 spiro atoms. The second-order valence-corrected chi connectivity index (χ2v) is 2.29. The third-order valence-electron chi connectivity index (χ3n) is 1.36. The highest BCUT2D eigenvalue weighted by Gasteiger charge is 1.91. The molecular weight excluding hydrogens is 140 g/mol. The molecule has 0 saturated carbocycles. The maximum atomic E-state index is 9.10. The molecule has 0 aromatic heterocycles. The molecule has 1 aromatic rings. The fourth-order valence-corrected chi connectivity index (χ4v) is 0.719. The number of benzene rings is 1. The van der Waals surface area contributed by atoms with Crippen molar-refractivity contribution in [1.82, 2.24) is 0 Å². The van der Waals surface area contributed by atoms with Gasteiger partial charge in [0.15, 0.2) is 0 Å². The summed E-state index contributed by atoms with van der Waals surface area (Å²) in [5, 5.41) is 9.10. The molecule has 0 heterocycles. The van der Waals surface area contributed by atoms with Crippen LogP contribution in [0.5, 0.6) is 5.75 Å². The summed E-state index contributed by atoms with van der Waals surface area (Å²) in [5.74, 6) is 0.384. The Balaban J connectivity index is 0.000000461. The topological polar surface area (TPSA) is 37.3 Å². The molecule has 60 valence electrons. The lowest BCUT2D eigenvalue weighted by molar-refractivity contribution is -0.0979. The number of hydrogen-bond donors (Lipinski definition) is 1. The minimum Gasteiger partial charge on any atom is -0.508 e. The summed E-state index contributed by atoms with van der Waals surface area (Å²) in [7, 11) is 0. The first kappa shape index (κ1) is 9.69. The fraction of sp³-hybridized carbons (Fsp3) is 0.222. The first-order valence-corrected chi connectivity index (χ1v) is 3.25. The predicted molar refractivity (Wildman–Crippen MR) is 44.7 cm³/mol. The Morgan fingerprint density at radius 3 is 2.18 bits per heavy atom. The van der Waals surface area contributed by atoms with Crippen LogP contribution in [-0.2, 0) is 4.79 Å². The fourth-order valence-electron chi connectivity index (χ4n) is 0.719. The minimum absolute atomic E-state index is 0.384. The summed E-state index contributed by atoms with van der Waals surface area (Å²) >= 11 is 0. The van der Waals surface area contributed by atoms with Gasteiger partial charge in [0, 0.05) is 0 Å². The summed E-state index contributed by atoms with van der Waals surface area (Å²) in [4.78, 5) is 8.00. The summed E-state index contributed by atoms with van der Waals surface area (Å²) in [6.45, 7) is 5.84. The molecule has 2 heteroatoms. The van der Waals surface area contributed by atoms with Crippen LogP contribution in [-0.4, -0.2) is 11.9 Å². The number of hydrogen-bond acceptors (Lipinski definition) is 2. The predicted octanol–water partition coefficient (Wildman–Crippen LogP) is 1.82. The first-order chi connectivity index (χ1) is 5.20. The number of aromatic hydroxyl groups is 1. The number of aryl methyl sites for hydroxylation is 2. The van der Waals surface area contributed by atoms with Crippen molar-refractivity contribution in [3.63, 3.8) is 0 Å². The van der Waals surface area contributed by atoms with E-state index < -0.39 is 0 Å². The first-order valence-electron chi connectivity index (χ1n) is 3.25. The number of carbonyl (C=O) groups excluding carboxylic acids is 1. The minimum atomic E-state index is 0.384. The van der Waals surface area contributed by atoms with Gasteiger partial charge in [-0.05, 0) is 31.0 Å². The van der Waals surface area contributed by atoms with Crippen molar-refractivity contribution in [3.8, 4) is 5.75 Å². The van der Waals surface area contributed by atoms with Crippen LogP contribution in [0.2, 0.25) is 0 Å². The molecule has 0 amide bonds. The highest BCUT2D eigenvalue weighted by atomic mass is 16.3. The Labute approximate surface area is 66.5 Å². The van der Waals surface area contributed by atoms with Crippen molar-refractivity contribution in [2.45, 2.75) is 13.8 Å². The van der Waals surface area contributed by atoms with Crippen molar-refractivity contribution in [2.75, 3.05) is 0 Å². The standard InChI is InChI=1S/C8H10O.CH2O/c1-6-3-4-7(2)8(9)5-6;1-2/h3-5,9H,1-2H3;1H2. The number of rotatable bonds is 0. The van der Waals surface area contributed by atoms with Gasteiger partial charge in [-0.15, -0.1) is 0 Å². The summed E-state index contributed by atoms with van der Waals surface area (Å²) in [6, 6.07) is 5.65. The van der Waals surface area contributed by atoms with E-state index >= 15 is 0 Å². The van der Waals surface area contributed by atoms with Crippen molar-refractivity contribution in [3.05, 3.63) is 29.3 Å². The van der Waals surface area contributed by atoms with Crippen LogP contribution in [0.1, 0.15) is 11.1 Å². The van der Waals surface area contributed by atoms with Crippen molar-refractivity contribution in [2.24, 2.45) is 0 Å². The van der Waals surface area contributed by atoms with Gasteiger partial charge in [-0.1, -0.05) is 12.1 Å². The highest BCUT2D eigenvalue weighted by Crippen LogP contribution is 2.15. The molecule has 0 aliphatic carbocycles. The lowest BCUT2D eigenvalue weighted by Gasteiger charge is -1.97. The SMILES string of the molecule is C=O.Cc1ccc(C)c(O)c1. The largest absolute Gasteiger partial charge is 0.508 e. The Morgan fingerprint density at radius 1 is 1.27 bits per heavy atom. The van der Waals surface area contributed by atoms with Gasteiger partial charge in [-0.25, -0.2) is 0 Å². The lowest BCUT2D eigenvalue weighted by atomic mass is 10.1. The molecule has 0 unspecified atom stereocenters. The molecular formula is C9H12O2. The maximum Gasteiger partial charge on any atom is 0.118 e. The zero-order valence-corrected chi connectivity index (χ0v) is 6.79. The van der Waals surface area contributed by atoms with E-state index in [0.29, 0.717) is 5.75 Å². The molecule has 0 fully saturated rings. The van der Waals surface area contributed by atoms with E-state index in [0.717, 1.165) is 11.1 Å². The van der Waals surface area contributed by atoms with Gasteiger partial charge < -0.3 is 9.90 Å². The Bertz CT molecular complexity index is 231. The molecule has 1 N–H and O–H groups in total. The van der Waals surface area contributed by atoms with Crippen LogP contribution >= 0.6 is 0 Å². The molecule has 0 bridgehead atoms. The van der Waals surface area contributed by atoms with Crippen molar-refractivity contribution < 1.29 is 9.90 Å². The van der Waals surface area contributed by atoms with Gasteiger partial charge in [0.05, 0.1) is 0 Å². The third kappa shape index (κ3) is 2.85. The lowest BCUT2D eigenvalue weighted by Crippen LogP contribution is -1.74. The molecule has 0 aliphatic rings. The van der Waals surface area contributed by atoms with E-state index in [1.807, 2.05) is 32.8 Å². The van der Waals surface area contributed by atoms with Crippen LogP contribution in [0.3, 0.4) is 0 Å². The van der Waals surface area contributed by atoms with Crippen LogP contribution in [0.4, 0.5) is 0 Å². The summed E-state index contributed by atoms with van der Waals surface area (Å²) < 4.78 is 0. The van der Waals surface area contributed by atoms with Gasteiger partial charge in [0.2, 0.25) is 0 Å². The van der Waals surface area contributed by atoms with Gasteiger partial charge in [-0.2, -0.15) is 0 Å². The van der Waals surface area contributed by atoms with E-state index in [1.54, 1.807) is 6.07 Å². The maximum absolute atomic E-state index is 9.10. The molecule has 0 aliphatic heterocycles. The van der Waals surface area contributed by atoms with E-state index in [4.69, 9.17) is 9.90 Å². The van der Waals surface area contributed by atoms with E-state index in [-0.39, 0.29) is 0 Å². The summed E-state index contributed by atoms with van der Waals surface area (Å²) in [5.41, 5.74) is 2.03. The zero-order valence-electron chi connectivity index (χ0n) is 6.79. The Kier molecular flexibility index (Phi) is 3.96. The van der Waals surface area contributed by atoms with Crippen molar-refractivity contribution >= 4 is 6.79 Å². The number of carbonyl (C=O) groups is 1. The van der Waals surface area contributed by atoms with Crippen LogP contribution in [0.15, 0.2) is 18.2 Å². The van der Waals surface area contributed by atoms with E-state index in [9.17, 15) is 0 Å². The molecule has 0 atom stereocenters. The molecule has 11 heavy (non-hydrogen) atoms. The van der Waals surface area contributed by atoms with Crippen LogP contribution in [0.25, 0.3) is 0 Å². The Hall–Kier alpha value is -1.31. The molecule has 0 saturated heterocycles. The Morgan fingerprint density at radius 2 is 1.82 bits per heavy atom. The van der Waals surface area contributed by atoms with Crippen LogP contribution < -0.4 is 0 Å². The van der Waals surface area contributed by atoms with Gasteiger partial charge >= 0.3 is 0 Å². The third-order valence-corrected chi connectivity index (χ3v) is 1.36. The summed E-state index contributed by atoms with van der Waals surface area (Å²) in [6.07, 6.45) is 0. The molecule has 2 nitrogen and oxygen atoms in total. The van der Waals surface area contributed by atoms with Gasteiger partial charge in [0.1, 0.15) is 12.5 Å². The number of phenolic OH excluding ortho intramolecular Hbond substituents is 1. The molecule has 1 aromatic carbocycles. The molecule has 0 radical (unpaired) electrons. The normalized spacial score (nSPS) is 8.18. The van der Waals surface area contributed by atoms with Gasteiger partial charge in [-0.3, -0.25) is 0 Å². The van der Waals surface area contributed by atoms with E-state index in [1.165, 1.54) is 0 Å². The monoisotopic (exact) mass is 152 g/mol. The molecule has 1 rings (SSSR count). The van der Waals surface area contributed by atoms with E-state index in [2.05, 4.69) is 0 Å². The van der Waals surface area contributed by atoms with Crippen LogP contribution in [0, 0.1) is 13.8 Å². The van der Waals surface area contributed by atoms with Gasteiger partial charge in [0.25, 0.3) is 0 Å². The van der Waals surface area contributed by atoms with Crippen molar-refractivity contribution in [1.29, 1.82) is 0 Å². The quantitative estimate of drug-likeness (QED) is 0.615. The average molecular weight is 152 g/mol.